The van der Waals surface area contributed by atoms with Gasteiger partial charge in [-0.2, -0.15) is 5.26 Å². The van der Waals surface area contributed by atoms with Gasteiger partial charge in [-0.1, -0.05) is 18.2 Å². The summed E-state index contributed by atoms with van der Waals surface area (Å²) in [6, 6.07) is 14.2. The van der Waals surface area contributed by atoms with Gasteiger partial charge in [0, 0.05) is 19.0 Å². The molecule has 0 saturated heterocycles. The first-order valence-electron chi connectivity index (χ1n) is 7.87. The van der Waals surface area contributed by atoms with Crippen molar-refractivity contribution in [3.8, 4) is 11.8 Å². The molecule has 0 aliphatic carbocycles. The van der Waals surface area contributed by atoms with Crippen LogP contribution in [0.15, 0.2) is 42.1 Å². The summed E-state index contributed by atoms with van der Waals surface area (Å²) in [6.45, 7) is 0.514. The molecule has 0 aromatic heterocycles. The number of fused-ring (bicyclic) bond motifs is 1. The van der Waals surface area contributed by atoms with Gasteiger partial charge in [0.25, 0.3) is 0 Å². The fraction of sp³-hybridized carbons (Fsp3) is 0.263. The smallest absolute Gasteiger partial charge is 0.303 e. The molecule has 1 N–H and O–H groups in total. The molecule has 0 amide bonds. The Labute approximate surface area is 140 Å². The van der Waals surface area contributed by atoms with E-state index in [1.807, 2.05) is 42.3 Å². The van der Waals surface area contributed by atoms with Crippen molar-refractivity contribution in [2.24, 2.45) is 0 Å². The average Bonchev–Trinajstić information content (AvgIpc) is 3.23. The first kappa shape index (κ1) is 15.9. The van der Waals surface area contributed by atoms with Crippen molar-refractivity contribution in [3.63, 3.8) is 0 Å². The average molecular weight is 322 g/mol. The minimum Gasteiger partial charge on any atom is -0.494 e. The van der Waals surface area contributed by atoms with Crippen LogP contribution in [0.4, 0.5) is 0 Å². The molecule has 0 bridgehead atoms. The minimum atomic E-state index is -0.771. The number of carboxylic acid groups (broad SMARTS) is 1. The highest BCUT2D eigenvalue weighted by molar-refractivity contribution is 5.91. The Balaban J connectivity index is 1.66. The van der Waals surface area contributed by atoms with Crippen molar-refractivity contribution in [3.05, 3.63) is 47.7 Å². The highest BCUT2D eigenvalue weighted by atomic mass is 16.5. The molecule has 0 atom stereocenters. The van der Waals surface area contributed by atoms with E-state index in [1.54, 1.807) is 0 Å². The molecule has 2 aromatic rings. The van der Waals surface area contributed by atoms with E-state index in [-0.39, 0.29) is 6.42 Å². The van der Waals surface area contributed by atoms with Gasteiger partial charge in [-0.15, -0.1) is 0 Å². The number of rotatable bonds is 7. The molecule has 0 fully saturated rings. The summed E-state index contributed by atoms with van der Waals surface area (Å²) in [7, 11) is 1.89. The third-order valence-corrected chi connectivity index (χ3v) is 4.09. The lowest BCUT2D eigenvalue weighted by Crippen LogP contribution is -2.00. The molecule has 1 aliphatic rings. The third-order valence-electron chi connectivity index (χ3n) is 4.09. The topological polar surface area (TPSA) is 73.3 Å². The van der Waals surface area contributed by atoms with Crippen LogP contribution in [-0.4, -0.2) is 29.6 Å². The lowest BCUT2D eigenvalue weighted by Gasteiger charge is -2.08. The number of allylic oxidation sites excluding steroid dienone is 1. The van der Waals surface area contributed by atoms with Crippen LogP contribution in [0.2, 0.25) is 0 Å². The van der Waals surface area contributed by atoms with Crippen LogP contribution in [-0.2, 0) is 4.79 Å². The summed E-state index contributed by atoms with van der Waals surface area (Å²) >= 11 is 0. The van der Waals surface area contributed by atoms with Crippen molar-refractivity contribution in [2.45, 2.75) is 19.3 Å². The maximum atomic E-state index is 10.5. The van der Waals surface area contributed by atoms with E-state index in [2.05, 4.69) is 12.1 Å². The normalized spacial score (nSPS) is 13.1. The minimum absolute atomic E-state index is 0.179. The fourth-order valence-corrected chi connectivity index (χ4v) is 2.73. The second-order valence-corrected chi connectivity index (χ2v) is 5.79. The molecule has 2 aromatic carbocycles. The molecule has 5 heteroatoms. The molecular weight excluding hydrogens is 304 g/mol. The van der Waals surface area contributed by atoms with Crippen LogP contribution in [0.25, 0.3) is 16.5 Å². The van der Waals surface area contributed by atoms with Crippen molar-refractivity contribution in [2.75, 3.05) is 13.7 Å². The van der Waals surface area contributed by atoms with Gasteiger partial charge in [0.15, 0.2) is 0 Å². The zero-order valence-corrected chi connectivity index (χ0v) is 13.5. The van der Waals surface area contributed by atoms with Crippen molar-refractivity contribution in [1.29, 1.82) is 5.26 Å². The number of hydrogen-bond donors (Lipinski definition) is 1. The van der Waals surface area contributed by atoms with E-state index in [9.17, 15) is 4.79 Å². The predicted molar refractivity (Wildman–Crippen MR) is 91.2 cm³/mol. The van der Waals surface area contributed by atoms with Crippen LogP contribution in [0.5, 0.6) is 5.75 Å². The number of nitrogens with zero attached hydrogens (tertiary/aromatic N) is 2. The van der Waals surface area contributed by atoms with Gasteiger partial charge < -0.3 is 14.7 Å². The van der Waals surface area contributed by atoms with E-state index in [4.69, 9.17) is 15.1 Å². The lowest BCUT2D eigenvalue weighted by molar-refractivity contribution is -0.137. The summed E-state index contributed by atoms with van der Waals surface area (Å²) in [4.78, 5) is 12.3. The largest absolute Gasteiger partial charge is 0.494 e. The number of hydrogen-bond acceptors (Lipinski definition) is 4. The Bertz CT molecular complexity index is 865. The summed E-state index contributed by atoms with van der Waals surface area (Å²) in [5.41, 5.74) is 2.75. The van der Waals surface area contributed by atoms with E-state index in [0.717, 1.165) is 39.9 Å². The summed E-state index contributed by atoms with van der Waals surface area (Å²) in [5, 5.41) is 19.8. The van der Waals surface area contributed by atoms with Crippen molar-refractivity contribution in [1.82, 2.24) is 4.90 Å². The molecular formula is C19H18N2O3. The quantitative estimate of drug-likeness (QED) is 0.788. The molecule has 24 heavy (non-hydrogen) atoms. The van der Waals surface area contributed by atoms with Crippen LogP contribution in [0.1, 0.15) is 24.8 Å². The number of carboxylic acids is 1. The number of ether oxygens (including phenoxy) is 1. The number of carbonyl (C=O) groups is 1. The van der Waals surface area contributed by atoms with E-state index >= 15 is 0 Å². The number of benzene rings is 2. The van der Waals surface area contributed by atoms with Gasteiger partial charge in [0.2, 0.25) is 0 Å². The molecule has 122 valence electrons. The molecule has 0 radical (unpaired) electrons. The third kappa shape index (κ3) is 3.33. The Morgan fingerprint density at radius 1 is 1.21 bits per heavy atom. The zero-order chi connectivity index (χ0) is 17.1. The Morgan fingerprint density at radius 2 is 1.96 bits per heavy atom. The first-order chi connectivity index (χ1) is 11.6. The van der Waals surface area contributed by atoms with Crippen LogP contribution < -0.4 is 4.74 Å². The summed E-state index contributed by atoms with van der Waals surface area (Å²) < 4.78 is 5.68. The van der Waals surface area contributed by atoms with Gasteiger partial charge in [-0.25, -0.2) is 0 Å². The highest BCUT2D eigenvalue weighted by Gasteiger charge is 2.30. The number of nitriles is 1. The van der Waals surface area contributed by atoms with Gasteiger partial charge in [0.05, 0.1) is 12.3 Å². The molecule has 0 spiro atoms. The van der Waals surface area contributed by atoms with Crippen molar-refractivity contribution >= 4 is 22.4 Å². The molecule has 1 aliphatic heterocycles. The molecule has 3 rings (SSSR count). The maximum Gasteiger partial charge on any atom is 0.303 e. The second-order valence-electron chi connectivity index (χ2n) is 5.79. The van der Waals surface area contributed by atoms with E-state index < -0.39 is 5.97 Å². The molecule has 1 heterocycles. The van der Waals surface area contributed by atoms with Crippen LogP contribution in [0, 0.1) is 11.3 Å². The monoisotopic (exact) mass is 322 g/mol. The zero-order valence-electron chi connectivity index (χ0n) is 13.5. The Morgan fingerprint density at radius 3 is 2.67 bits per heavy atom. The number of aliphatic carboxylic acids is 1. The molecule has 0 saturated carbocycles. The summed E-state index contributed by atoms with van der Waals surface area (Å²) in [6.07, 6.45) is 1.52. The van der Waals surface area contributed by atoms with E-state index in [0.29, 0.717) is 13.0 Å². The maximum absolute atomic E-state index is 10.5. The lowest BCUT2D eigenvalue weighted by atomic mass is 10.1. The predicted octanol–water partition coefficient (Wildman–Crippen LogP) is 3.61. The first-order valence-corrected chi connectivity index (χ1v) is 7.87. The standard InChI is InChI=1S/C19H18N2O3/c1-21-17(12-20)19(21)15-6-5-14-11-16(8-7-13(14)10-15)24-9-3-2-4-18(22)23/h5-8,10-11H,2-4,9H2,1H3,(H,22,23). The second kappa shape index (κ2) is 6.63. The van der Waals surface area contributed by atoms with Crippen LogP contribution in [0.3, 0.4) is 0 Å². The van der Waals surface area contributed by atoms with Gasteiger partial charge in [-0.3, -0.25) is 4.79 Å². The van der Waals surface area contributed by atoms with Crippen molar-refractivity contribution < 1.29 is 14.6 Å². The Kier molecular flexibility index (Phi) is 4.39. The fourth-order valence-electron chi connectivity index (χ4n) is 2.73. The van der Waals surface area contributed by atoms with Gasteiger partial charge >= 0.3 is 5.97 Å². The van der Waals surface area contributed by atoms with Gasteiger partial charge in [-0.05, 0) is 41.8 Å². The van der Waals surface area contributed by atoms with E-state index in [1.165, 1.54) is 0 Å². The number of unbranched alkanes of at least 4 members (excludes halogenated alkanes) is 1. The Hall–Kier alpha value is -3.00. The van der Waals surface area contributed by atoms with Crippen LogP contribution >= 0.6 is 0 Å². The molecule has 0 unspecified atom stereocenters. The van der Waals surface area contributed by atoms with Gasteiger partial charge in [0.1, 0.15) is 17.5 Å². The SMILES string of the molecule is CN1C(C#N)=C1c1ccc2cc(OCCCCC(=O)O)ccc2c1. The molecule has 5 nitrogen and oxygen atoms in total. The highest BCUT2D eigenvalue weighted by Crippen LogP contribution is 2.39. The summed E-state index contributed by atoms with van der Waals surface area (Å²) in [5.74, 6) is 0.0125.